The summed E-state index contributed by atoms with van der Waals surface area (Å²) in [6.07, 6.45) is 1.46. The monoisotopic (exact) mass is 373 g/mol. The Hall–Kier alpha value is -2.14. The minimum Gasteiger partial charge on any atom is -0.472 e. The Labute approximate surface area is 156 Å². The van der Waals surface area contributed by atoms with Gasteiger partial charge in [0.05, 0.1) is 11.9 Å². The van der Waals surface area contributed by atoms with Gasteiger partial charge in [0.15, 0.2) is 0 Å². The number of ether oxygens (including phenoxy) is 1. The molecular weight excluding hydrogens is 357 g/mol. The largest absolute Gasteiger partial charge is 0.472 e. The topological polar surface area (TPSA) is 61.0 Å². The Morgan fingerprint density at radius 1 is 0.920 bits per heavy atom. The van der Waals surface area contributed by atoms with Crippen LogP contribution in [-0.2, 0) is 0 Å². The van der Waals surface area contributed by atoms with Crippen LogP contribution >= 0.6 is 23.2 Å². The Kier molecular flexibility index (Phi) is 5.53. The molecule has 0 radical (unpaired) electrons. The molecule has 0 aliphatic heterocycles. The van der Waals surface area contributed by atoms with Crippen molar-refractivity contribution >= 4 is 23.2 Å². The van der Waals surface area contributed by atoms with Gasteiger partial charge in [-0.05, 0) is 31.2 Å². The highest BCUT2D eigenvalue weighted by atomic mass is 35.5. The van der Waals surface area contributed by atoms with Crippen molar-refractivity contribution in [1.82, 2.24) is 9.97 Å². The summed E-state index contributed by atoms with van der Waals surface area (Å²) in [5.74, 6) is 0.431. The van der Waals surface area contributed by atoms with E-state index in [-0.39, 0.29) is 6.10 Å². The number of nitrogens with two attached hydrogens (primary N) is 1. The maximum absolute atomic E-state index is 6.00. The molecule has 4 nitrogen and oxygen atoms in total. The van der Waals surface area contributed by atoms with Gasteiger partial charge < -0.3 is 10.5 Å². The zero-order valence-corrected chi connectivity index (χ0v) is 15.1. The summed E-state index contributed by atoms with van der Waals surface area (Å²) in [5, 5.41) is 1.33. The summed E-state index contributed by atoms with van der Waals surface area (Å²) in [6.45, 7) is 2.29. The highest BCUT2D eigenvalue weighted by molar-refractivity contribution is 6.31. The molecule has 0 amide bonds. The first kappa shape index (κ1) is 17.7. The number of hydrogen-bond acceptors (Lipinski definition) is 4. The predicted molar refractivity (Wildman–Crippen MR) is 102 cm³/mol. The van der Waals surface area contributed by atoms with Gasteiger partial charge in [-0.2, -0.15) is 0 Å². The highest BCUT2D eigenvalue weighted by Crippen LogP contribution is 2.31. The van der Waals surface area contributed by atoms with Crippen molar-refractivity contribution in [3.8, 4) is 28.4 Å². The van der Waals surface area contributed by atoms with Gasteiger partial charge >= 0.3 is 0 Å². The maximum atomic E-state index is 6.00. The fourth-order valence-electron chi connectivity index (χ4n) is 2.31. The van der Waals surface area contributed by atoms with E-state index in [0.717, 1.165) is 16.8 Å². The summed E-state index contributed by atoms with van der Waals surface area (Å²) in [7, 11) is 0. The lowest BCUT2D eigenvalue weighted by molar-refractivity contribution is 0.220. The molecule has 0 aliphatic carbocycles. The normalized spacial score (nSPS) is 12.0. The van der Waals surface area contributed by atoms with E-state index in [1.165, 1.54) is 0 Å². The van der Waals surface area contributed by atoms with Crippen LogP contribution in [0.25, 0.3) is 22.5 Å². The van der Waals surface area contributed by atoms with E-state index in [2.05, 4.69) is 9.97 Å². The van der Waals surface area contributed by atoms with E-state index in [0.29, 0.717) is 28.2 Å². The van der Waals surface area contributed by atoms with Crippen molar-refractivity contribution < 1.29 is 4.74 Å². The lowest BCUT2D eigenvalue weighted by atomic mass is 10.0. The quantitative estimate of drug-likeness (QED) is 0.694. The molecule has 3 rings (SSSR count). The number of halogens is 2. The van der Waals surface area contributed by atoms with Crippen molar-refractivity contribution in [2.45, 2.75) is 13.0 Å². The van der Waals surface area contributed by atoms with Crippen LogP contribution in [0.4, 0.5) is 0 Å². The lowest BCUT2D eigenvalue weighted by Gasteiger charge is -2.14. The van der Waals surface area contributed by atoms with E-state index < -0.39 is 0 Å². The lowest BCUT2D eigenvalue weighted by Crippen LogP contribution is -2.23. The van der Waals surface area contributed by atoms with Gasteiger partial charge in [-0.1, -0.05) is 47.5 Å². The van der Waals surface area contributed by atoms with Gasteiger partial charge in [0.1, 0.15) is 11.8 Å². The van der Waals surface area contributed by atoms with Gasteiger partial charge in [0, 0.05) is 27.7 Å². The summed E-state index contributed by atoms with van der Waals surface area (Å²) in [4.78, 5) is 9.20. The predicted octanol–water partition coefficient (Wildman–Crippen LogP) is 4.84. The summed E-state index contributed by atoms with van der Waals surface area (Å²) in [5.41, 5.74) is 8.88. The molecule has 0 fully saturated rings. The van der Waals surface area contributed by atoms with Crippen LogP contribution in [0.5, 0.6) is 5.88 Å². The zero-order valence-electron chi connectivity index (χ0n) is 13.6. The first-order chi connectivity index (χ1) is 12.1. The average Bonchev–Trinajstić information content (AvgIpc) is 2.63. The van der Waals surface area contributed by atoms with Crippen LogP contribution in [0.3, 0.4) is 0 Å². The summed E-state index contributed by atoms with van der Waals surface area (Å²) in [6, 6.07) is 14.9. The second kappa shape index (κ2) is 7.83. The molecule has 0 bridgehead atoms. The molecule has 1 heterocycles. The van der Waals surface area contributed by atoms with Gasteiger partial charge in [-0.15, -0.1) is 0 Å². The standard InChI is InChI=1S/C19H17Cl2N3O/c1-12(10-22)25-17-11-23-18(13-2-6-15(20)7-3-13)19(24-17)14-4-8-16(21)9-5-14/h2-9,11-12H,10,22H2,1H3. The van der Waals surface area contributed by atoms with Crippen LogP contribution in [0, 0.1) is 0 Å². The van der Waals surface area contributed by atoms with E-state index >= 15 is 0 Å². The molecule has 0 saturated heterocycles. The molecule has 2 N–H and O–H groups in total. The Morgan fingerprint density at radius 3 is 1.96 bits per heavy atom. The van der Waals surface area contributed by atoms with E-state index in [4.69, 9.17) is 33.7 Å². The Bertz CT molecular complexity index is 852. The summed E-state index contributed by atoms with van der Waals surface area (Å²) < 4.78 is 5.71. The van der Waals surface area contributed by atoms with Crippen LogP contribution in [0.15, 0.2) is 54.7 Å². The third kappa shape index (κ3) is 4.28. The van der Waals surface area contributed by atoms with Crippen molar-refractivity contribution in [2.24, 2.45) is 5.73 Å². The van der Waals surface area contributed by atoms with Crippen LogP contribution in [0.1, 0.15) is 6.92 Å². The first-order valence-corrected chi connectivity index (χ1v) is 8.58. The first-order valence-electron chi connectivity index (χ1n) is 7.82. The van der Waals surface area contributed by atoms with Crippen LogP contribution < -0.4 is 10.5 Å². The van der Waals surface area contributed by atoms with E-state index in [9.17, 15) is 0 Å². The zero-order chi connectivity index (χ0) is 17.8. The second-order valence-corrected chi connectivity index (χ2v) is 6.46. The van der Waals surface area contributed by atoms with Crippen molar-refractivity contribution in [3.63, 3.8) is 0 Å². The second-order valence-electron chi connectivity index (χ2n) is 5.58. The Morgan fingerprint density at radius 2 is 1.44 bits per heavy atom. The average molecular weight is 374 g/mol. The number of hydrogen-bond donors (Lipinski definition) is 1. The fourth-order valence-corrected chi connectivity index (χ4v) is 2.56. The van der Waals surface area contributed by atoms with Crippen LogP contribution in [0.2, 0.25) is 10.0 Å². The third-order valence-corrected chi connectivity index (χ3v) is 4.14. The highest BCUT2D eigenvalue weighted by Gasteiger charge is 2.14. The number of benzene rings is 2. The minimum atomic E-state index is -0.145. The van der Waals surface area contributed by atoms with E-state index in [1.54, 1.807) is 6.20 Å². The molecule has 25 heavy (non-hydrogen) atoms. The maximum Gasteiger partial charge on any atom is 0.233 e. The smallest absolute Gasteiger partial charge is 0.233 e. The third-order valence-electron chi connectivity index (χ3n) is 3.64. The molecule has 1 unspecified atom stereocenters. The molecule has 0 aliphatic rings. The number of rotatable bonds is 5. The summed E-state index contributed by atoms with van der Waals surface area (Å²) >= 11 is 12.0. The molecule has 2 aromatic carbocycles. The van der Waals surface area contributed by atoms with Crippen molar-refractivity contribution in [1.29, 1.82) is 0 Å². The molecular formula is C19H17Cl2N3O. The van der Waals surface area contributed by atoms with Gasteiger partial charge in [-0.3, -0.25) is 0 Å². The van der Waals surface area contributed by atoms with Crippen molar-refractivity contribution in [2.75, 3.05) is 6.54 Å². The Balaban J connectivity index is 2.10. The SMILES string of the molecule is CC(CN)Oc1cnc(-c2ccc(Cl)cc2)c(-c2ccc(Cl)cc2)n1. The van der Waals surface area contributed by atoms with Crippen LogP contribution in [-0.4, -0.2) is 22.6 Å². The molecule has 6 heteroatoms. The number of nitrogens with zero attached hydrogens (tertiary/aromatic N) is 2. The molecule has 0 spiro atoms. The molecule has 1 atom stereocenters. The molecule has 3 aromatic rings. The number of aromatic nitrogens is 2. The van der Waals surface area contributed by atoms with E-state index in [1.807, 2.05) is 55.5 Å². The van der Waals surface area contributed by atoms with Gasteiger partial charge in [0.2, 0.25) is 5.88 Å². The molecule has 0 saturated carbocycles. The van der Waals surface area contributed by atoms with Crippen molar-refractivity contribution in [3.05, 3.63) is 64.8 Å². The molecule has 1 aromatic heterocycles. The van der Waals surface area contributed by atoms with Gasteiger partial charge in [-0.25, -0.2) is 9.97 Å². The van der Waals surface area contributed by atoms with Gasteiger partial charge in [0.25, 0.3) is 0 Å². The minimum absolute atomic E-state index is 0.145. The fraction of sp³-hybridized carbons (Fsp3) is 0.158. The molecule has 128 valence electrons.